The van der Waals surface area contributed by atoms with E-state index in [0.29, 0.717) is 12.1 Å². The molecule has 4 heteroatoms. The summed E-state index contributed by atoms with van der Waals surface area (Å²) in [5.74, 6) is -0.0768. The van der Waals surface area contributed by atoms with E-state index in [1.807, 2.05) is 6.07 Å². The summed E-state index contributed by atoms with van der Waals surface area (Å²) < 4.78 is 0. The SMILES string of the molecule is O=C(NCC1(c2ccccc2)CCCC1)c1ccnnc1. The molecule has 1 aliphatic rings. The van der Waals surface area contributed by atoms with Crippen LogP contribution in [0.15, 0.2) is 48.8 Å². The predicted molar refractivity (Wildman–Crippen MR) is 81.0 cm³/mol. The van der Waals surface area contributed by atoms with Gasteiger partial charge < -0.3 is 5.32 Å². The summed E-state index contributed by atoms with van der Waals surface area (Å²) in [6, 6.07) is 12.2. The maximum atomic E-state index is 12.2. The van der Waals surface area contributed by atoms with Gasteiger partial charge in [-0.3, -0.25) is 4.79 Å². The summed E-state index contributed by atoms with van der Waals surface area (Å²) in [4.78, 5) is 12.2. The van der Waals surface area contributed by atoms with Crippen LogP contribution in [0, 0.1) is 0 Å². The average Bonchev–Trinajstić information content (AvgIpc) is 3.04. The molecule has 4 nitrogen and oxygen atoms in total. The van der Waals surface area contributed by atoms with Crippen molar-refractivity contribution in [1.29, 1.82) is 0 Å². The van der Waals surface area contributed by atoms with Crippen LogP contribution in [0.2, 0.25) is 0 Å². The second-order valence-electron chi connectivity index (χ2n) is 5.67. The molecule has 1 aromatic heterocycles. The molecular weight excluding hydrogens is 262 g/mol. The first-order valence-corrected chi connectivity index (χ1v) is 7.41. The maximum absolute atomic E-state index is 12.2. The molecule has 0 saturated heterocycles. The van der Waals surface area contributed by atoms with Crippen molar-refractivity contribution in [3.63, 3.8) is 0 Å². The van der Waals surface area contributed by atoms with E-state index in [0.717, 1.165) is 12.8 Å². The molecule has 21 heavy (non-hydrogen) atoms. The highest BCUT2D eigenvalue weighted by molar-refractivity contribution is 5.93. The van der Waals surface area contributed by atoms with Crippen molar-refractivity contribution in [2.75, 3.05) is 6.54 Å². The first-order valence-electron chi connectivity index (χ1n) is 7.41. The van der Waals surface area contributed by atoms with Crippen LogP contribution in [0.3, 0.4) is 0 Å². The second kappa shape index (κ2) is 6.04. The fourth-order valence-electron chi connectivity index (χ4n) is 3.19. The molecule has 0 atom stereocenters. The Morgan fingerprint density at radius 2 is 1.86 bits per heavy atom. The molecule has 1 aromatic carbocycles. The van der Waals surface area contributed by atoms with Crippen molar-refractivity contribution < 1.29 is 4.79 Å². The predicted octanol–water partition coefficient (Wildman–Crippen LogP) is 2.72. The number of rotatable bonds is 4. The Labute approximate surface area is 124 Å². The molecule has 0 radical (unpaired) electrons. The van der Waals surface area contributed by atoms with Gasteiger partial charge in [-0.1, -0.05) is 43.2 Å². The number of nitrogens with zero attached hydrogens (tertiary/aromatic N) is 2. The van der Waals surface area contributed by atoms with Gasteiger partial charge >= 0.3 is 0 Å². The third-order valence-electron chi connectivity index (χ3n) is 4.38. The molecule has 1 saturated carbocycles. The zero-order chi connectivity index (χ0) is 14.5. The third-order valence-corrected chi connectivity index (χ3v) is 4.38. The van der Waals surface area contributed by atoms with Gasteiger partial charge in [-0.05, 0) is 24.5 Å². The zero-order valence-corrected chi connectivity index (χ0v) is 12.0. The molecule has 0 unspecified atom stereocenters. The zero-order valence-electron chi connectivity index (χ0n) is 12.0. The molecular formula is C17H19N3O. The van der Waals surface area contributed by atoms with Gasteiger partial charge in [-0.25, -0.2) is 0 Å². The maximum Gasteiger partial charge on any atom is 0.253 e. The summed E-state index contributed by atoms with van der Waals surface area (Å²) in [7, 11) is 0. The van der Waals surface area contributed by atoms with Gasteiger partial charge in [0.25, 0.3) is 5.91 Å². The lowest BCUT2D eigenvalue weighted by molar-refractivity contribution is 0.0942. The Bertz CT molecular complexity index is 592. The van der Waals surface area contributed by atoms with E-state index in [4.69, 9.17) is 0 Å². The number of amides is 1. The monoisotopic (exact) mass is 281 g/mol. The summed E-state index contributed by atoms with van der Waals surface area (Å²) in [6.45, 7) is 0.679. The van der Waals surface area contributed by atoms with Crippen LogP contribution in [-0.4, -0.2) is 22.6 Å². The van der Waals surface area contributed by atoms with Gasteiger partial charge in [0.1, 0.15) is 0 Å². The Kier molecular flexibility index (Phi) is 3.95. The van der Waals surface area contributed by atoms with Crippen molar-refractivity contribution >= 4 is 5.91 Å². The lowest BCUT2D eigenvalue weighted by Gasteiger charge is -2.30. The van der Waals surface area contributed by atoms with Gasteiger partial charge in [0, 0.05) is 12.0 Å². The Morgan fingerprint density at radius 3 is 2.52 bits per heavy atom. The first-order chi connectivity index (χ1) is 10.3. The summed E-state index contributed by atoms with van der Waals surface area (Å²) >= 11 is 0. The third kappa shape index (κ3) is 2.94. The molecule has 0 bridgehead atoms. The largest absolute Gasteiger partial charge is 0.351 e. The average molecular weight is 281 g/mol. The number of aromatic nitrogens is 2. The van der Waals surface area contributed by atoms with Crippen LogP contribution < -0.4 is 5.32 Å². The van der Waals surface area contributed by atoms with Crippen LogP contribution in [0.25, 0.3) is 0 Å². The van der Waals surface area contributed by atoms with Crippen LogP contribution in [0.5, 0.6) is 0 Å². The molecule has 1 fully saturated rings. The quantitative estimate of drug-likeness (QED) is 0.937. The van der Waals surface area contributed by atoms with Crippen molar-refractivity contribution in [1.82, 2.24) is 15.5 Å². The molecule has 0 aliphatic heterocycles. The topological polar surface area (TPSA) is 54.9 Å². The normalized spacial score (nSPS) is 16.6. The molecule has 0 spiro atoms. The highest BCUT2D eigenvalue weighted by atomic mass is 16.1. The van der Waals surface area contributed by atoms with E-state index >= 15 is 0 Å². The fourth-order valence-corrected chi connectivity index (χ4v) is 3.19. The molecule has 1 aliphatic carbocycles. The van der Waals surface area contributed by atoms with E-state index < -0.39 is 0 Å². The Balaban J connectivity index is 1.74. The fraction of sp³-hybridized carbons (Fsp3) is 0.353. The number of hydrogen-bond acceptors (Lipinski definition) is 3. The van der Waals surface area contributed by atoms with Gasteiger partial charge in [-0.15, -0.1) is 0 Å². The lowest BCUT2D eigenvalue weighted by atomic mass is 9.79. The van der Waals surface area contributed by atoms with Crippen LogP contribution in [0.4, 0.5) is 0 Å². The number of benzene rings is 1. The van der Waals surface area contributed by atoms with Gasteiger partial charge in [0.15, 0.2) is 0 Å². The van der Waals surface area contributed by atoms with E-state index in [1.165, 1.54) is 30.8 Å². The molecule has 1 heterocycles. The van der Waals surface area contributed by atoms with Crippen molar-refractivity contribution in [3.8, 4) is 0 Å². The van der Waals surface area contributed by atoms with Crippen molar-refractivity contribution in [2.24, 2.45) is 0 Å². The molecule has 1 amide bonds. The van der Waals surface area contributed by atoms with Crippen LogP contribution >= 0.6 is 0 Å². The van der Waals surface area contributed by atoms with Crippen LogP contribution in [-0.2, 0) is 5.41 Å². The Hall–Kier alpha value is -2.23. The highest BCUT2D eigenvalue weighted by Gasteiger charge is 2.35. The first kappa shape index (κ1) is 13.7. The molecule has 2 aromatic rings. The number of carbonyl (C=O) groups excluding carboxylic acids is 1. The van der Waals surface area contributed by atoms with E-state index in [9.17, 15) is 4.79 Å². The summed E-state index contributed by atoms with van der Waals surface area (Å²) in [5, 5.41) is 10.5. The lowest BCUT2D eigenvalue weighted by Crippen LogP contribution is -2.39. The number of hydrogen-bond donors (Lipinski definition) is 1. The Morgan fingerprint density at radius 1 is 1.10 bits per heavy atom. The van der Waals surface area contributed by atoms with E-state index in [2.05, 4.69) is 39.8 Å². The number of carbonyl (C=O) groups is 1. The minimum atomic E-state index is -0.0768. The summed E-state index contributed by atoms with van der Waals surface area (Å²) in [5.41, 5.74) is 1.97. The van der Waals surface area contributed by atoms with Crippen molar-refractivity contribution in [3.05, 3.63) is 59.9 Å². The van der Waals surface area contributed by atoms with Crippen molar-refractivity contribution in [2.45, 2.75) is 31.1 Å². The minimum Gasteiger partial charge on any atom is -0.351 e. The standard InChI is InChI=1S/C17H19N3O/c21-16(14-8-11-19-20-12-14)18-13-17(9-4-5-10-17)15-6-2-1-3-7-15/h1-3,6-8,11-12H,4-5,9-10,13H2,(H,18,21). The molecule has 1 N–H and O–H groups in total. The molecule has 108 valence electrons. The van der Waals surface area contributed by atoms with E-state index in [1.54, 1.807) is 6.07 Å². The van der Waals surface area contributed by atoms with Gasteiger partial charge in [0.2, 0.25) is 0 Å². The number of nitrogens with one attached hydrogen (secondary N) is 1. The van der Waals surface area contributed by atoms with Gasteiger partial charge in [0.05, 0.1) is 18.0 Å². The smallest absolute Gasteiger partial charge is 0.253 e. The highest BCUT2D eigenvalue weighted by Crippen LogP contribution is 2.40. The minimum absolute atomic E-state index is 0.0768. The van der Waals surface area contributed by atoms with Crippen LogP contribution in [0.1, 0.15) is 41.6 Å². The second-order valence-corrected chi connectivity index (χ2v) is 5.67. The summed E-state index contributed by atoms with van der Waals surface area (Å²) in [6.07, 6.45) is 7.75. The molecule has 3 rings (SSSR count). The van der Waals surface area contributed by atoms with E-state index in [-0.39, 0.29) is 11.3 Å². The van der Waals surface area contributed by atoms with Gasteiger partial charge in [-0.2, -0.15) is 10.2 Å².